The van der Waals surface area contributed by atoms with E-state index in [2.05, 4.69) is 6.92 Å². The van der Waals surface area contributed by atoms with Crippen LogP contribution in [0.5, 0.6) is 0 Å². The van der Waals surface area contributed by atoms with Crippen LogP contribution in [0.2, 0.25) is 0 Å². The summed E-state index contributed by atoms with van der Waals surface area (Å²) in [5, 5.41) is 0. The monoisotopic (exact) mass is 210 g/mol. The summed E-state index contributed by atoms with van der Waals surface area (Å²) in [6.07, 6.45) is 11.1. The number of allylic oxidation sites excluding steroid dienone is 2. The average molecular weight is 210 g/mol. The quantitative estimate of drug-likeness (QED) is 0.275. The highest BCUT2D eigenvalue weighted by Crippen LogP contribution is 2.03. The van der Waals surface area contributed by atoms with E-state index in [9.17, 15) is 4.79 Å². The van der Waals surface area contributed by atoms with Crippen molar-refractivity contribution in [3.8, 4) is 0 Å². The Morgan fingerprint density at radius 2 is 2.00 bits per heavy atom. The molecule has 0 radical (unpaired) electrons. The summed E-state index contributed by atoms with van der Waals surface area (Å²) in [6, 6.07) is 0. The van der Waals surface area contributed by atoms with Gasteiger partial charge in [-0.1, -0.05) is 32.3 Å². The van der Waals surface area contributed by atoms with Crippen LogP contribution in [0.3, 0.4) is 0 Å². The molecule has 0 heterocycles. The molecule has 0 atom stereocenters. The van der Waals surface area contributed by atoms with Gasteiger partial charge in [-0.05, 0) is 32.8 Å². The largest absolute Gasteiger partial charge is 0.431 e. The van der Waals surface area contributed by atoms with Crippen molar-refractivity contribution < 1.29 is 9.53 Å². The molecule has 0 amide bonds. The number of hydrogen-bond acceptors (Lipinski definition) is 2. The number of esters is 1. The van der Waals surface area contributed by atoms with Crippen molar-refractivity contribution in [3.63, 3.8) is 0 Å². The fourth-order valence-electron chi connectivity index (χ4n) is 1.08. The van der Waals surface area contributed by atoms with E-state index in [0.29, 0.717) is 5.57 Å². The summed E-state index contributed by atoms with van der Waals surface area (Å²) in [7, 11) is 0. The molecule has 0 fully saturated rings. The van der Waals surface area contributed by atoms with Gasteiger partial charge in [0.1, 0.15) is 0 Å². The highest BCUT2D eigenvalue weighted by Gasteiger charge is 2.00. The number of hydrogen-bond donors (Lipinski definition) is 0. The van der Waals surface area contributed by atoms with Crippen LogP contribution < -0.4 is 0 Å². The summed E-state index contributed by atoms with van der Waals surface area (Å²) in [6.45, 7) is 5.76. The average Bonchev–Trinajstić information content (AvgIpc) is 2.26. The van der Waals surface area contributed by atoms with Crippen LogP contribution in [0, 0.1) is 0 Å². The molecular weight excluding hydrogens is 188 g/mol. The van der Waals surface area contributed by atoms with Crippen LogP contribution in [0.15, 0.2) is 24.0 Å². The standard InChI is InChI=1S/C13H22O2/c1-4-6-7-8-9-10-11-15-13(14)12(3)5-2/h5,10-11H,4,6-9H2,1-3H3/b11-10+,12-5+. The zero-order valence-corrected chi connectivity index (χ0v) is 10.1. The van der Waals surface area contributed by atoms with E-state index < -0.39 is 0 Å². The Kier molecular flexibility index (Phi) is 8.84. The molecule has 0 aliphatic carbocycles. The van der Waals surface area contributed by atoms with E-state index in [4.69, 9.17) is 4.74 Å². The van der Waals surface area contributed by atoms with Crippen LogP contribution in [0.1, 0.15) is 52.9 Å². The minimum atomic E-state index is -0.262. The van der Waals surface area contributed by atoms with Crippen molar-refractivity contribution in [2.24, 2.45) is 0 Å². The fourth-order valence-corrected chi connectivity index (χ4v) is 1.08. The second kappa shape index (κ2) is 9.50. The molecule has 0 saturated heterocycles. The van der Waals surface area contributed by atoms with Gasteiger partial charge in [0.2, 0.25) is 0 Å². The van der Waals surface area contributed by atoms with E-state index in [0.717, 1.165) is 6.42 Å². The van der Waals surface area contributed by atoms with Gasteiger partial charge in [-0.2, -0.15) is 0 Å². The Morgan fingerprint density at radius 3 is 2.60 bits per heavy atom. The molecule has 0 N–H and O–H groups in total. The van der Waals surface area contributed by atoms with Crippen LogP contribution >= 0.6 is 0 Å². The SMILES string of the molecule is C/C=C(\C)C(=O)O/C=C/CCCCCC. The Bertz CT molecular complexity index is 227. The molecule has 15 heavy (non-hydrogen) atoms. The first-order valence-corrected chi connectivity index (χ1v) is 5.71. The maximum atomic E-state index is 11.2. The molecule has 86 valence electrons. The van der Waals surface area contributed by atoms with E-state index in [1.807, 2.05) is 13.0 Å². The fraction of sp³-hybridized carbons (Fsp3) is 0.615. The minimum Gasteiger partial charge on any atom is -0.431 e. The summed E-state index contributed by atoms with van der Waals surface area (Å²) < 4.78 is 4.91. The molecule has 0 rings (SSSR count). The second-order valence-corrected chi connectivity index (χ2v) is 3.60. The van der Waals surface area contributed by atoms with Gasteiger partial charge in [-0.25, -0.2) is 4.79 Å². The van der Waals surface area contributed by atoms with Gasteiger partial charge in [0, 0.05) is 5.57 Å². The Morgan fingerprint density at radius 1 is 1.27 bits per heavy atom. The van der Waals surface area contributed by atoms with E-state index in [-0.39, 0.29) is 5.97 Å². The van der Waals surface area contributed by atoms with E-state index >= 15 is 0 Å². The lowest BCUT2D eigenvalue weighted by Crippen LogP contribution is -2.00. The molecule has 0 unspecified atom stereocenters. The van der Waals surface area contributed by atoms with Gasteiger partial charge >= 0.3 is 5.97 Å². The van der Waals surface area contributed by atoms with E-state index in [1.54, 1.807) is 13.0 Å². The molecular formula is C13H22O2. The molecule has 0 saturated carbocycles. The number of rotatable bonds is 7. The molecule has 0 aromatic heterocycles. The summed E-state index contributed by atoms with van der Waals surface area (Å²) in [5.41, 5.74) is 0.644. The van der Waals surface area contributed by atoms with Gasteiger partial charge in [0.15, 0.2) is 0 Å². The third-order valence-corrected chi connectivity index (χ3v) is 2.25. The van der Waals surface area contributed by atoms with Crippen molar-refractivity contribution in [1.29, 1.82) is 0 Å². The maximum Gasteiger partial charge on any atom is 0.338 e. The predicted octanol–water partition coefficient (Wildman–Crippen LogP) is 3.98. The third kappa shape index (κ3) is 7.98. The Hall–Kier alpha value is -1.05. The van der Waals surface area contributed by atoms with Gasteiger partial charge in [-0.3, -0.25) is 0 Å². The van der Waals surface area contributed by atoms with Crippen LogP contribution in [-0.2, 0) is 9.53 Å². The summed E-state index contributed by atoms with van der Waals surface area (Å²) >= 11 is 0. The van der Waals surface area contributed by atoms with Gasteiger partial charge < -0.3 is 4.74 Å². The normalized spacial score (nSPS) is 12.1. The lowest BCUT2D eigenvalue weighted by Gasteiger charge is -1.97. The highest BCUT2D eigenvalue weighted by molar-refractivity contribution is 5.87. The number of carbonyl (C=O) groups is 1. The van der Waals surface area contributed by atoms with Crippen molar-refractivity contribution in [2.45, 2.75) is 52.9 Å². The second-order valence-electron chi connectivity index (χ2n) is 3.60. The van der Waals surface area contributed by atoms with Crippen molar-refractivity contribution in [2.75, 3.05) is 0 Å². The zero-order chi connectivity index (χ0) is 11.5. The van der Waals surface area contributed by atoms with Crippen molar-refractivity contribution >= 4 is 5.97 Å². The zero-order valence-electron chi connectivity index (χ0n) is 10.1. The lowest BCUT2D eigenvalue weighted by molar-refractivity contribution is -0.133. The summed E-state index contributed by atoms with van der Waals surface area (Å²) in [4.78, 5) is 11.2. The van der Waals surface area contributed by atoms with Gasteiger partial charge in [-0.15, -0.1) is 0 Å². The van der Waals surface area contributed by atoms with Crippen LogP contribution in [-0.4, -0.2) is 5.97 Å². The van der Waals surface area contributed by atoms with Gasteiger partial charge in [0.25, 0.3) is 0 Å². The van der Waals surface area contributed by atoms with Crippen LogP contribution in [0.25, 0.3) is 0 Å². The highest BCUT2D eigenvalue weighted by atomic mass is 16.5. The molecule has 0 spiro atoms. The number of ether oxygens (including phenoxy) is 1. The molecule has 0 aromatic carbocycles. The van der Waals surface area contributed by atoms with E-state index in [1.165, 1.54) is 31.9 Å². The third-order valence-electron chi connectivity index (χ3n) is 2.25. The molecule has 2 heteroatoms. The van der Waals surface area contributed by atoms with Crippen molar-refractivity contribution in [1.82, 2.24) is 0 Å². The molecule has 0 aliphatic rings. The van der Waals surface area contributed by atoms with Gasteiger partial charge in [0.05, 0.1) is 6.26 Å². The first kappa shape index (κ1) is 13.9. The molecule has 0 aliphatic heterocycles. The summed E-state index contributed by atoms with van der Waals surface area (Å²) in [5.74, 6) is -0.262. The van der Waals surface area contributed by atoms with Crippen molar-refractivity contribution in [3.05, 3.63) is 24.0 Å². The molecule has 0 bridgehead atoms. The predicted molar refractivity (Wildman–Crippen MR) is 63.4 cm³/mol. The smallest absolute Gasteiger partial charge is 0.338 e. The first-order chi connectivity index (χ1) is 7.22. The number of carbonyl (C=O) groups excluding carboxylic acids is 1. The molecule has 0 aromatic rings. The number of unbranched alkanes of at least 4 members (excludes halogenated alkanes) is 4. The topological polar surface area (TPSA) is 26.3 Å². The van der Waals surface area contributed by atoms with Crippen LogP contribution in [0.4, 0.5) is 0 Å². The molecule has 2 nitrogen and oxygen atoms in total. The Labute approximate surface area is 93.0 Å². The maximum absolute atomic E-state index is 11.2. The lowest BCUT2D eigenvalue weighted by atomic mass is 10.1. The Balaban J connectivity index is 3.50. The first-order valence-electron chi connectivity index (χ1n) is 5.71. The minimum absolute atomic E-state index is 0.262.